The first kappa shape index (κ1) is 10.7. The Kier molecular flexibility index (Phi) is 3.23. The lowest BCUT2D eigenvalue weighted by molar-refractivity contribution is -0.145. The van der Waals surface area contributed by atoms with Crippen LogP contribution in [-0.4, -0.2) is 32.3 Å². The molecule has 0 spiro atoms. The van der Waals surface area contributed by atoms with Gasteiger partial charge in [-0.1, -0.05) is 0 Å². The van der Waals surface area contributed by atoms with Crippen molar-refractivity contribution in [3.05, 3.63) is 16.4 Å². The summed E-state index contributed by atoms with van der Waals surface area (Å²) in [6.45, 7) is 0. The molecule has 0 amide bonds. The predicted molar refractivity (Wildman–Crippen MR) is 48.9 cm³/mol. The number of halogens is 1. The van der Waals surface area contributed by atoms with Crippen molar-refractivity contribution in [2.24, 2.45) is 0 Å². The minimum Gasteiger partial charge on any atom is -0.481 e. The zero-order valence-corrected chi connectivity index (χ0v) is 8.48. The molecule has 0 aliphatic rings. The molecule has 0 saturated carbocycles. The molecule has 3 N–H and O–H groups in total. The van der Waals surface area contributed by atoms with Crippen LogP contribution in [-0.2, 0) is 9.59 Å². The number of rotatable bonds is 4. The Morgan fingerprint density at radius 2 is 2.21 bits per heavy atom. The largest absolute Gasteiger partial charge is 0.481 e. The minimum atomic E-state index is -1.20. The Hall–Kier alpha value is -1.37. The molecule has 0 aromatic carbocycles. The van der Waals surface area contributed by atoms with Crippen molar-refractivity contribution in [1.29, 1.82) is 0 Å². The summed E-state index contributed by atoms with van der Waals surface area (Å²) in [7, 11) is 0. The molecule has 14 heavy (non-hydrogen) atoms. The van der Waals surface area contributed by atoms with E-state index in [0.717, 1.165) is 0 Å². The van der Waals surface area contributed by atoms with Crippen LogP contribution in [0.5, 0.6) is 0 Å². The third kappa shape index (κ3) is 2.32. The van der Waals surface area contributed by atoms with Crippen molar-refractivity contribution >= 4 is 27.9 Å². The highest BCUT2D eigenvalue weighted by atomic mass is 79.9. The fraction of sp³-hybridized carbons (Fsp3) is 0.286. The van der Waals surface area contributed by atoms with E-state index >= 15 is 0 Å². The summed E-state index contributed by atoms with van der Waals surface area (Å²) in [6.07, 6.45) is 0.906. The van der Waals surface area contributed by atoms with Gasteiger partial charge in [-0.15, -0.1) is 0 Å². The van der Waals surface area contributed by atoms with Gasteiger partial charge in [0.25, 0.3) is 0 Å². The van der Waals surface area contributed by atoms with Crippen LogP contribution in [0.2, 0.25) is 0 Å². The Morgan fingerprint density at radius 1 is 1.57 bits per heavy atom. The normalized spacial score (nSPS) is 12.4. The van der Waals surface area contributed by atoms with E-state index in [1.165, 1.54) is 6.20 Å². The van der Waals surface area contributed by atoms with Gasteiger partial charge in [-0.05, 0) is 15.9 Å². The van der Waals surface area contributed by atoms with Gasteiger partial charge in [0.1, 0.15) is 5.92 Å². The lowest BCUT2D eigenvalue weighted by atomic mass is 10.0. The summed E-state index contributed by atoms with van der Waals surface area (Å²) in [5.74, 6) is -3.47. The highest BCUT2D eigenvalue weighted by molar-refractivity contribution is 9.10. The number of carboxylic acids is 2. The maximum absolute atomic E-state index is 10.8. The fourth-order valence-corrected chi connectivity index (χ4v) is 1.48. The molecular weight excluding hydrogens is 256 g/mol. The second-order valence-corrected chi connectivity index (χ2v) is 3.47. The first-order chi connectivity index (χ1) is 6.52. The van der Waals surface area contributed by atoms with Crippen molar-refractivity contribution in [3.8, 4) is 0 Å². The SMILES string of the molecule is O=C(O)CC(C(=O)O)c1[nH]ncc1Br. The second kappa shape index (κ2) is 4.23. The highest BCUT2D eigenvalue weighted by Gasteiger charge is 2.26. The number of carboxylic acid groups (broad SMARTS) is 2. The van der Waals surface area contributed by atoms with Gasteiger partial charge >= 0.3 is 11.9 Å². The van der Waals surface area contributed by atoms with Gasteiger partial charge in [-0.3, -0.25) is 14.7 Å². The Labute approximate surface area is 87.1 Å². The standard InChI is InChI=1S/C7H7BrN2O4/c8-4-2-9-10-6(4)3(7(13)14)1-5(11)12/h2-3H,1H2,(H,9,10)(H,11,12)(H,13,14). The summed E-state index contributed by atoms with van der Waals surface area (Å²) in [5.41, 5.74) is 0.264. The monoisotopic (exact) mass is 262 g/mol. The van der Waals surface area contributed by atoms with Crippen molar-refractivity contribution in [3.63, 3.8) is 0 Å². The van der Waals surface area contributed by atoms with Crippen molar-refractivity contribution in [2.75, 3.05) is 0 Å². The second-order valence-electron chi connectivity index (χ2n) is 2.62. The summed E-state index contributed by atoms with van der Waals surface area (Å²) in [6, 6.07) is 0. The van der Waals surface area contributed by atoms with E-state index in [9.17, 15) is 9.59 Å². The maximum atomic E-state index is 10.8. The first-order valence-electron chi connectivity index (χ1n) is 3.65. The van der Waals surface area contributed by atoms with Gasteiger partial charge in [-0.25, -0.2) is 0 Å². The topological polar surface area (TPSA) is 103 Å². The van der Waals surface area contributed by atoms with Crippen LogP contribution in [0.4, 0.5) is 0 Å². The summed E-state index contributed by atoms with van der Waals surface area (Å²) < 4.78 is 0.464. The number of aromatic nitrogens is 2. The van der Waals surface area contributed by atoms with E-state index in [1.54, 1.807) is 0 Å². The molecule has 1 aromatic rings. The number of hydrogen-bond donors (Lipinski definition) is 3. The van der Waals surface area contributed by atoms with Crippen LogP contribution in [0.25, 0.3) is 0 Å². The van der Waals surface area contributed by atoms with E-state index in [2.05, 4.69) is 26.1 Å². The van der Waals surface area contributed by atoms with Gasteiger partial charge in [0, 0.05) is 0 Å². The van der Waals surface area contributed by atoms with Crippen LogP contribution in [0.3, 0.4) is 0 Å². The third-order valence-electron chi connectivity index (χ3n) is 1.65. The molecule has 76 valence electrons. The summed E-state index contributed by atoms with van der Waals surface area (Å²) in [5, 5.41) is 23.4. The Bertz CT molecular complexity index is 362. The number of H-pyrrole nitrogens is 1. The molecule has 0 bridgehead atoms. The predicted octanol–water partition coefficient (Wildman–Crippen LogP) is 0.815. The van der Waals surface area contributed by atoms with Crippen molar-refractivity contribution in [2.45, 2.75) is 12.3 Å². The molecule has 0 aliphatic carbocycles. The van der Waals surface area contributed by atoms with Crippen LogP contribution in [0.1, 0.15) is 18.0 Å². The Balaban J connectivity index is 2.94. The number of aromatic amines is 1. The molecule has 1 atom stereocenters. The number of nitrogens with zero attached hydrogens (tertiary/aromatic N) is 1. The molecule has 6 nitrogen and oxygen atoms in total. The molecule has 0 saturated heterocycles. The third-order valence-corrected chi connectivity index (χ3v) is 2.28. The summed E-state index contributed by atoms with van der Waals surface area (Å²) >= 11 is 3.08. The lowest BCUT2D eigenvalue weighted by Gasteiger charge is -2.07. The van der Waals surface area contributed by atoms with Crippen LogP contribution < -0.4 is 0 Å². The van der Waals surface area contributed by atoms with Crippen molar-refractivity contribution < 1.29 is 19.8 Å². The molecule has 1 heterocycles. The zero-order chi connectivity index (χ0) is 10.7. The first-order valence-corrected chi connectivity index (χ1v) is 4.45. The zero-order valence-electron chi connectivity index (χ0n) is 6.90. The van der Waals surface area contributed by atoms with Crippen LogP contribution >= 0.6 is 15.9 Å². The minimum absolute atomic E-state index is 0.264. The maximum Gasteiger partial charge on any atom is 0.313 e. The average molecular weight is 263 g/mol. The average Bonchev–Trinajstić information content (AvgIpc) is 2.46. The smallest absolute Gasteiger partial charge is 0.313 e. The molecule has 1 rings (SSSR count). The van der Waals surface area contributed by atoms with Gasteiger partial charge in [0.15, 0.2) is 0 Å². The number of nitrogens with one attached hydrogen (secondary N) is 1. The van der Waals surface area contributed by atoms with Crippen LogP contribution in [0, 0.1) is 0 Å². The molecule has 0 radical (unpaired) electrons. The number of hydrogen-bond acceptors (Lipinski definition) is 3. The summed E-state index contributed by atoms with van der Waals surface area (Å²) in [4.78, 5) is 21.2. The Morgan fingerprint density at radius 3 is 2.57 bits per heavy atom. The fourth-order valence-electron chi connectivity index (χ4n) is 1.01. The van der Waals surface area contributed by atoms with Gasteiger partial charge < -0.3 is 10.2 Å². The van der Waals surface area contributed by atoms with E-state index in [1.807, 2.05) is 0 Å². The molecule has 1 unspecified atom stereocenters. The molecule has 1 aromatic heterocycles. The van der Waals surface area contributed by atoms with E-state index in [0.29, 0.717) is 4.47 Å². The van der Waals surface area contributed by atoms with E-state index in [-0.39, 0.29) is 5.69 Å². The van der Waals surface area contributed by atoms with Gasteiger partial charge in [0.05, 0.1) is 22.8 Å². The van der Waals surface area contributed by atoms with Gasteiger partial charge in [-0.2, -0.15) is 5.10 Å². The van der Waals surface area contributed by atoms with Crippen molar-refractivity contribution in [1.82, 2.24) is 10.2 Å². The molecule has 0 fully saturated rings. The number of aliphatic carboxylic acids is 2. The highest BCUT2D eigenvalue weighted by Crippen LogP contribution is 2.25. The molecule has 0 aliphatic heterocycles. The quantitative estimate of drug-likeness (QED) is 0.745. The van der Waals surface area contributed by atoms with Crippen LogP contribution in [0.15, 0.2) is 10.7 Å². The van der Waals surface area contributed by atoms with E-state index < -0.39 is 24.3 Å². The lowest BCUT2D eigenvalue weighted by Crippen LogP contribution is -2.16. The van der Waals surface area contributed by atoms with Gasteiger partial charge in [0.2, 0.25) is 0 Å². The number of carbonyl (C=O) groups is 2. The molecular formula is C7H7BrN2O4. The molecule has 7 heteroatoms. The van der Waals surface area contributed by atoms with E-state index in [4.69, 9.17) is 10.2 Å².